The molecular formula is C18H18FN3O4. The summed E-state index contributed by atoms with van der Waals surface area (Å²) < 4.78 is 20.8. The maximum Gasteiger partial charge on any atom is 0.164 e. The van der Waals surface area contributed by atoms with Gasteiger partial charge in [0, 0.05) is 11.6 Å². The molecule has 136 valence electrons. The Morgan fingerprint density at radius 3 is 2.77 bits per heavy atom. The van der Waals surface area contributed by atoms with Crippen LogP contribution < -0.4 is 0 Å². The molecule has 26 heavy (non-hydrogen) atoms. The Bertz CT molecular complexity index is 947. The van der Waals surface area contributed by atoms with Gasteiger partial charge in [0.2, 0.25) is 0 Å². The van der Waals surface area contributed by atoms with Crippen molar-refractivity contribution in [3.8, 4) is 0 Å². The molecular weight excluding hydrogens is 341 g/mol. The molecule has 0 radical (unpaired) electrons. The molecule has 2 aromatic heterocycles. The molecule has 1 aliphatic heterocycles. The van der Waals surface area contributed by atoms with E-state index in [0.717, 1.165) is 11.1 Å². The number of hydrogen-bond donors (Lipinski definition) is 3. The minimum atomic E-state index is -1.35. The third kappa shape index (κ3) is 2.67. The number of aliphatic hydroxyl groups excluding tert-OH is 3. The zero-order valence-corrected chi connectivity index (χ0v) is 13.9. The van der Waals surface area contributed by atoms with Crippen molar-refractivity contribution in [1.82, 2.24) is 14.5 Å². The maximum absolute atomic E-state index is 13.4. The van der Waals surface area contributed by atoms with Gasteiger partial charge < -0.3 is 24.6 Å². The van der Waals surface area contributed by atoms with Crippen molar-refractivity contribution in [1.29, 1.82) is 0 Å². The molecule has 8 heteroatoms. The van der Waals surface area contributed by atoms with Crippen LogP contribution in [0.1, 0.15) is 23.6 Å². The van der Waals surface area contributed by atoms with Gasteiger partial charge in [0.15, 0.2) is 6.23 Å². The maximum atomic E-state index is 13.4. The lowest BCUT2D eigenvalue weighted by Gasteiger charge is -2.21. The fourth-order valence-corrected chi connectivity index (χ4v) is 3.36. The summed E-state index contributed by atoms with van der Waals surface area (Å²) in [6.07, 6.45) is -2.89. The van der Waals surface area contributed by atoms with Gasteiger partial charge in [0.1, 0.15) is 42.2 Å². The molecule has 0 amide bonds. The van der Waals surface area contributed by atoms with E-state index in [1.807, 2.05) is 6.92 Å². The van der Waals surface area contributed by atoms with Gasteiger partial charge in [-0.25, -0.2) is 14.4 Å². The van der Waals surface area contributed by atoms with Crippen molar-refractivity contribution < 1.29 is 24.4 Å². The number of aryl methyl sites for hydroxylation is 1. The van der Waals surface area contributed by atoms with Crippen LogP contribution >= 0.6 is 0 Å². The van der Waals surface area contributed by atoms with E-state index in [0.29, 0.717) is 5.65 Å². The number of hydrogen-bond acceptors (Lipinski definition) is 6. The van der Waals surface area contributed by atoms with Crippen LogP contribution in [0.3, 0.4) is 0 Å². The molecule has 0 aliphatic carbocycles. The first-order valence-corrected chi connectivity index (χ1v) is 8.20. The number of aliphatic hydroxyl groups is 3. The molecule has 1 aliphatic rings. The van der Waals surface area contributed by atoms with Gasteiger partial charge in [-0.15, -0.1) is 0 Å². The SMILES string of the molecule is Cc1ncnc2c1ccn2C1OC(C(O)c2cccc(F)c2)C(O)C1O. The van der Waals surface area contributed by atoms with Gasteiger partial charge >= 0.3 is 0 Å². The van der Waals surface area contributed by atoms with E-state index in [4.69, 9.17) is 4.74 Å². The molecule has 5 unspecified atom stereocenters. The van der Waals surface area contributed by atoms with Crippen LogP contribution in [0.15, 0.2) is 42.9 Å². The van der Waals surface area contributed by atoms with Crippen LogP contribution in [0.25, 0.3) is 11.0 Å². The van der Waals surface area contributed by atoms with Gasteiger partial charge in [-0.2, -0.15) is 0 Å². The van der Waals surface area contributed by atoms with Crippen molar-refractivity contribution in [2.24, 2.45) is 0 Å². The molecule has 7 nitrogen and oxygen atoms in total. The van der Waals surface area contributed by atoms with Crippen molar-refractivity contribution in [3.05, 3.63) is 59.9 Å². The van der Waals surface area contributed by atoms with E-state index in [-0.39, 0.29) is 5.56 Å². The highest BCUT2D eigenvalue weighted by Gasteiger charge is 2.47. The Kier molecular flexibility index (Phi) is 4.20. The van der Waals surface area contributed by atoms with Crippen molar-refractivity contribution in [2.45, 2.75) is 37.6 Å². The molecule has 3 aromatic rings. The van der Waals surface area contributed by atoms with Gasteiger partial charge in [-0.1, -0.05) is 12.1 Å². The van der Waals surface area contributed by atoms with Crippen molar-refractivity contribution in [2.75, 3.05) is 0 Å². The van der Waals surface area contributed by atoms with Crippen LogP contribution in [0.4, 0.5) is 4.39 Å². The van der Waals surface area contributed by atoms with E-state index in [1.165, 1.54) is 30.6 Å². The first kappa shape index (κ1) is 17.0. The quantitative estimate of drug-likeness (QED) is 0.650. The van der Waals surface area contributed by atoms with E-state index in [9.17, 15) is 19.7 Å². The van der Waals surface area contributed by atoms with Gasteiger partial charge in [-0.3, -0.25) is 0 Å². The second kappa shape index (κ2) is 6.40. The molecule has 0 bridgehead atoms. The molecule has 0 spiro atoms. The first-order valence-electron chi connectivity index (χ1n) is 8.20. The van der Waals surface area contributed by atoms with Crippen LogP contribution in [0.2, 0.25) is 0 Å². The van der Waals surface area contributed by atoms with Gasteiger partial charge in [0.25, 0.3) is 0 Å². The summed E-state index contributed by atoms with van der Waals surface area (Å²) >= 11 is 0. The number of fused-ring (bicyclic) bond motifs is 1. The van der Waals surface area contributed by atoms with Gasteiger partial charge in [-0.05, 0) is 30.7 Å². The Morgan fingerprint density at radius 2 is 2.00 bits per heavy atom. The van der Waals surface area contributed by atoms with E-state index in [1.54, 1.807) is 16.8 Å². The fraction of sp³-hybridized carbons (Fsp3) is 0.333. The van der Waals surface area contributed by atoms with Crippen molar-refractivity contribution in [3.63, 3.8) is 0 Å². The normalized spacial score (nSPS) is 27.1. The van der Waals surface area contributed by atoms with E-state index >= 15 is 0 Å². The average molecular weight is 359 g/mol. The number of nitrogens with zero attached hydrogens (tertiary/aromatic N) is 3. The van der Waals surface area contributed by atoms with Crippen LogP contribution in [-0.4, -0.2) is 48.2 Å². The second-order valence-corrected chi connectivity index (χ2v) is 6.39. The smallest absolute Gasteiger partial charge is 0.164 e. The number of rotatable bonds is 3. The van der Waals surface area contributed by atoms with Crippen LogP contribution in [-0.2, 0) is 4.74 Å². The third-order valence-electron chi connectivity index (χ3n) is 4.76. The lowest BCUT2D eigenvalue weighted by molar-refractivity contribution is -0.0849. The Balaban J connectivity index is 1.66. The predicted molar refractivity (Wildman–Crippen MR) is 89.5 cm³/mol. The predicted octanol–water partition coefficient (Wildman–Crippen LogP) is 1.23. The largest absolute Gasteiger partial charge is 0.387 e. The zero-order chi connectivity index (χ0) is 18.4. The minimum Gasteiger partial charge on any atom is -0.387 e. The number of aromatic nitrogens is 3. The minimum absolute atomic E-state index is 0.262. The lowest BCUT2D eigenvalue weighted by atomic mass is 9.99. The summed E-state index contributed by atoms with van der Waals surface area (Å²) in [6.45, 7) is 1.84. The van der Waals surface area contributed by atoms with Gasteiger partial charge in [0.05, 0.1) is 5.69 Å². The number of benzene rings is 1. The molecule has 5 atom stereocenters. The topological polar surface area (TPSA) is 101 Å². The highest BCUT2D eigenvalue weighted by atomic mass is 19.1. The first-order chi connectivity index (χ1) is 12.5. The summed E-state index contributed by atoms with van der Waals surface area (Å²) in [5.41, 5.74) is 1.59. The van der Waals surface area contributed by atoms with E-state index in [2.05, 4.69) is 9.97 Å². The molecule has 1 saturated heterocycles. The Hall–Kier alpha value is -2.39. The molecule has 0 saturated carbocycles. The number of ether oxygens (including phenoxy) is 1. The molecule has 4 rings (SSSR count). The molecule has 1 fully saturated rings. The molecule has 3 N–H and O–H groups in total. The van der Waals surface area contributed by atoms with E-state index < -0.39 is 36.5 Å². The Labute approximate surface area is 148 Å². The van der Waals surface area contributed by atoms with Crippen LogP contribution in [0.5, 0.6) is 0 Å². The monoisotopic (exact) mass is 359 g/mol. The summed E-state index contributed by atoms with van der Waals surface area (Å²) in [7, 11) is 0. The summed E-state index contributed by atoms with van der Waals surface area (Å²) in [6, 6.07) is 7.22. The lowest BCUT2D eigenvalue weighted by Crippen LogP contribution is -2.34. The summed E-state index contributed by atoms with van der Waals surface area (Å²) in [5.74, 6) is -0.505. The van der Waals surface area contributed by atoms with Crippen LogP contribution in [0, 0.1) is 12.7 Å². The summed E-state index contributed by atoms with van der Waals surface area (Å²) in [5, 5.41) is 32.1. The third-order valence-corrected chi connectivity index (χ3v) is 4.76. The highest BCUT2D eigenvalue weighted by molar-refractivity contribution is 5.78. The van der Waals surface area contributed by atoms with Crippen molar-refractivity contribution >= 4 is 11.0 Å². The fourth-order valence-electron chi connectivity index (χ4n) is 3.36. The highest BCUT2D eigenvalue weighted by Crippen LogP contribution is 2.37. The standard InChI is InChI=1S/C18H18FN3O4/c1-9-12-5-6-22(17(12)21-8-20-9)18-15(25)14(24)16(26-18)13(23)10-3-2-4-11(19)7-10/h2-8,13-16,18,23-25H,1H3. The molecule has 3 heterocycles. The zero-order valence-electron chi connectivity index (χ0n) is 13.9. The number of halogens is 1. The average Bonchev–Trinajstić information content (AvgIpc) is 3.18. The second-order valence-electron chi connectivity index (χ2n) is 6.39. The molecule has 1 aromatic carbocycles. The summed E-state index contributed by atoms with van der Waals surface area (Å²) in [4.78, 5) is 8.33. The Morgan fingerprint density at radius 1 is 1.19 bits per heavy atom.